The van der Waals surface area contributed by atoms with Crippen molar-refractivity contribution in [1.82, 2.24) is 0 Å². The molecule has 0 amide bonds. The second-order valence-corrected chi connectivity index (χ2v) is 7.45. The van der Waals surface area contributed by atoms with E-state index in [4.69, 9.17) is 31.5 Å². The van der Waals surface area contributed by atoms with E-state index in [0.29, 0.717) is 11.1 Å². The topological polar surface area (TPSA) is 105 Å². The highest BCUT2D eigenvalue weighted by Crippen LogP contribution is 2.14. The maximum Gasteiger partial charge on any atom is 0.348 e. The summed E-state index contributed by atoms with van der Waals surface area (Å²) in [6.07, 6.45) is -1.11. The Morgan fingerprint density at radius 1 is 0.903 bits per heavy atom. The lowest BCUT2D eigenvalue weighted by Crippen LogP contribution is -2.41. The number of ether oxygens (including phenoxy) is 3. The van der Waals surface area contributed by atoms with E-state index in [0.717, 1.165) is 5.56 Å². The lowest BCUT2D eigenvalue weighted by molar-refractivity contribution is -0.170. The normalized spacial score (nSPS) is 12.7. The zero-order valence-electron chi connectivity index (χ0n) is 17.5. The van der Waals surface area contributed by atoms with Gasteiger partial charge >= 0.3 is 17.9 Å². The highest BCUT2D eigenvalue weighted by Gasteiger charge is 2.29. The molecular weight excluding hydrogens is 422 g/mol. The molecule has 0 heterocycles. The second kappa shape index (κ2) is 12.1. The van der Waals surface area contributed by atoms with Crippen LogP contribution in [0.2, 0.25) is 0 Å². The zero-order valence-corrected chi connectivity index (χ0v) is 18.2. The first-order valence-corrected chi connectivity index (χ1v) is 10.3. The van der Waals surface area contributed by atoms with Gasteiger partial charge in [0.1, 0.15) is 12.6 Å². The fourth-order valence-electron chi connectivity index (χ4n) is 2.61. The highest BCUT2D eigenvalue weighted by atomic mass is 35.5. The van der Waals surface area contributed by atoms with Crippen molar-refractivity contribution in [3.63, 3.8) is 0 Å². The molecule has 0 bridgehead atoms. The smallest absolute Gasteiger partial charge is 0.348 e. The number of alkyl halides is 1. The molecule has 8 heteroatoms. The van der Waals surface area contributed by atoms with Crippen LogP contribution in [-0.4, -0.2) is 36.1 Å². The molecule has 0 fully saturated rings. The van der Waals surface area contributed by atoms with E-state index in [1.165, 1.54) is 12.1 Å². The number of nitrogens with two attached hydrogens (primary N) is 1. The van der Waals surface area contributed by atoms with Crippen molar-refractivity contribution in [1.29, 1.82) is 0 Å². The van der Waals surface area contributed by atoms with E-state index in [1.807, 2.05) is 30.3 Å². The van der Waals surface area contributed by atoms with Crippen LogP contribution in [0.5, 0.6) is 0 Å². The Labute approximate surface area is 186 Å². The molecule has 2 aromatic rings. The molecule has 2 aromatic carbocycles. The van der Waals surface area contributed by atoms with Gasteiger partial charge < -0.3 is 19.9 Å². The first-order chi connectivity index (χ1) is 14.8. The Morgan fingerprint density at radius 2 is 1.55 bits per heavy atom. The number of halogens is 1. The van der Waals surface area contributed by atoms with Crippen LogP contribution >= 0.6 is 11.6 Å². The first-order valence-electron chi connectivity index (χ1n) is 9.80. The number of rotatable bonds is 10. The van der Waals surface area contributed by atoms with Crippen LogP contribution in [0.1, 0.15) is 35.3 Å². The van der Waals surface area contributed by atoms with E-state index in [2.05, 4.69) is 0 Å². The van der Waals surface area contributed by atoms with Gasteiger partial charge in [0.2, 0.25) is 6.10 Å². The van der Waals surface area contributed by atoms with E-state index >= 15 is 0 Å². The minimum Gasteiger partial charge on any atom is -0.458 e. The summed E-state index contributed by atoms with van der Waals surface area (Å²) in [6, 6.07) is 14.4. The number of hydrogen-bond donors (Lipinski definition) is 1. The van der Waals surface area contributed by atoms with Gasteiger partial charge in [-0.1, -0.05) is 67.9 Å². The summed E-state index contributed by atoms with van der Waals surface area (Å²) in [4.78, 5) is 36.8. The molecule has 2 N–H and O–H groups in total. The molecule has 31 heavy (non-hydrogen) atoms. The molecule has 0 saturated heterocycles. The predicted octanol–water partition coefficient (Wildman–Crippen LogP) is 3.22. The van der Waals surface area contributed by atoms with Crippen molar-refractivity contribution < 1.29 is 28.6 Å². The van der Waals surface area contributed by atoms with Crippen LogP contribution in [0.15, 0.2) is 54.6 Å². The minimum absolute atomic E-state index is 0.0488. The van der Waals surface area contributed by atoms with E-state index < -0.39 is 30.1 Å². The average Bonchev–Trinajstić information content (AvgIpc) is 2.77. The lowest BCUT2D eigenvalue weighted by atomic mass is 10.0. The summed E-state index contributed by atoms with van der Waals surface area (Å²) >= 11 is 5.40. The Hall–Kier alpha value is -2.90. The SMILES string of the molecule is CC(C)[C@H](N)C(=O)OC(Cc1ccc(C(=O)OCCl)cc1)C(=O)OCc1ccccc1. The minimum atomic E-state index is -1.18. The molecule has 0 aliphatic carbocycles. The molecule has 1 unspecified atom stereocenters. The van der Waals surface area contributed by atoms with Gasteiger partial charge in [-0.25, -0.2) is 9.59 Å². The maximum atomic E-state index is 12.7. The molecule has 0 saturated carbocycles. The van der Waals surface area contributed by atoms with Crippen molar-refractivity contribution in [2.75, 3.05) is 6.07 Å². The molecule has 0 aromatic heterocycles. The Balaban J connectivity index is 2.11. The summed E-state index contributed by atoms with van der Waals surface area (Å²) in [6.45, 7) is 3.62. The van der Waals surface area contributed by atoms with Gasteiger partial charge in [-0.2, -0.15) is 0 Å². The van der Waals surface area contributed by atoms with Crippen LogP contribution in [0, 0.1) is 5.92 Å². The number of esters is 3. The summed E-state index contributed by atoms with van der Waals surface area (Å²) in [5.41, 5.74) is 7.64. The van der Waals surface area contributed by atoms with Gasteiger partial charge in [0.15, 0.2) is 6.07 Å². The fourth-order valence-corrected chi connectivity index (χ4v) is 2.71. The van der Waals surface area contributed by atoms with Crippen molar-refractivity contribution in [3.05, 3.63) is 71.3 Å². The quantitative estimate of drug-likeness (QED) is 0.338. The van der Waals surface area contributed by atoms with E-state index in [9.17, 15) is 14.4 Å². The number of carbonyl (C=O) groups is 3. The van der Waals surface area contributed by atoms with Crippen LogP contribution in [-0.2, 0) is 36.8 Å². The second-order valence-electron chi connectivity index (χ2n) is 7.23. The van der Waals surface area contributed by atoms with E-state index in [1.54, 1.807) is 26.0 Å². The molecular formula is C23H26ClNO6. The zero-order chi connectivity index (χ0) is 22.8. The van der Waals surface area contributed by atoms with E-state index in [-0.39, 0.29) is 25.0 Å². The van der Waals surface area contributed by atoms with Crippen molar-refractivity contribution in [2.24, 2.45) is 11.7 Å². The molecule has 7 nitrogen and oxygen atoms in total. The van der Waals surface area contributed by atoms with Gasteiger partial charge in [0, 0.05) is 6.42 Å². The van der Waals surface area contributed by atoms with Crippen LogP contribution < -0.4 is 5.73 Å². The molecule has 166 valence electrons. The Bertz CT molecular complexity index is 869. The van der Waals surface area contributed by atoms with Crippen molar-refractivity contribution in [3.8, 4) is 0 Å². The van der Waals surface area contributed by atoms with Gasteiger partial charge in [-0.05, 0) is 29.2 Å². The molecule has 0 aliphatic rings. The summed E-state index contributed by atoms with van der Waals surface area (Å²) < 4.78 is 15.5. The number of carbonyl (C=O) groups excluding carboxylic acids is 3. The predicted molar refractivity (Wildman–Crippen MR) is 115 cm³/mol. The van der Waals surface area contributed by atoms with Gasteiger partial charge in [-0.15, -0.1) is 0 Å². The summed E-state index contributed by atoms with van der Waals surface area (Å²) in [7, 11) is 0. The van der Waals surface area contributed by atoms with Crippen LogP contribution in [0.4, 0.5) is 0 Å². The lowest BCUT2D eigenvalue weighted by Gasteiger charge is -2.21. The molecule has 0 radical (unpaired) electrons. The summed E-state index contributed by atoms with van der Waals surface area (Å²) in [5.74, 6) is -2.08. The van der Waals surface area contributed by atoms with Crippen LogP contribution in [0.3, 0.4) is 0 Å². The molecule has 0 aliphatic heterocycles. The third-order valence-electron chi connectivity index (χ3n) is 4.53. The standard InChI is InChI=1S/C23H26ClNO6/c1-15(2)20(25)23(28)31-19(22(27)29-13-17-6-4-3-5-7-17)12-16-8-10-18(11-9-16)21(26)30-14-24/h3-11,15,19-20H,12-14,25H2,1-2H3/t19?,20-/m0/s1. The fraction of sp³-hybridized carbons (Fsp3) is 0.348. The molecule has 2 atom stereocenters. The Kier molecular flexibility index (Phi) is 9.49. The van der Waals surface area contributed by atoms with Gasteiger partial charge in [0.25, 0.3) is 0 Å². The highest BCUT2D eigenvalue weighted by molar-refractivity contribution is 6.17. The average molecular weight is 448 g/mol. The largest absolute Gasteiger partial charge is 0.458 e. The van der Waals surface area contributed by atoms with Crippen LogP contribution in [0.25, 0.3) is 0 Å². The van der Waals surface area contributed by atoms with Gasteiger partial charge in [-0.3, -0.25) is 4.79 Å². The third kappa shape index (κ3) is 7.70. The van der Waals surface area contributed by atoms with Crippen molar-refractivity contribution in [2.45, 2.75) is 39.0 Å². The molecule has 2 rings (SSSR count). The number of benzene rings is 2. The third-order valence-corrected chi connectivity index (χ3v) is 4.64. The summed E-state index contributed by atoms with van der Waals surface area (Å²) in [5, 5.41) is 0. The Morgan fingerprint density at radius 3 is 2.13 bits per heavy atom. The maximum absolute atomic E-state index is 12.7. The van der Waals surface area contributed by atoms with Gasteiger partial charge in [0.05, 0.1) is 5.56 Å². The van der Waals surface area contributed by atoms with Crippen molar-refractivity contribution >= 4 is 29.5 Å². The monoisotopic (exact) mass is 447 g/mol. The first kappa shape index (κ1) is 24.4. The number of hydrogen-bond acceptors (Lipinski definition) is 7. The molecule has 0 spiro atoms.